The molecule has 5 heteroatoms. The van der Waals surface area contributed by atoms with Gasteiger partial charge in [0, 0.05) is 38.7 Å². The van der Waals surface area contributed by atoms with Gasteiger partial charge in [-0.15, -0.1) is 0 Å². The van der Waals surface area contributed by atoms with E-state index >= 15 is 0 Å². The molecular formula is C14H25N5. The highest BCUT2D eigenvalue weighted by molar-refractivity contribution is 5.50. The number of nitrogens with zero attached hydrogens (tertiary/aromatic N) is 4. The quantitative estimate of drug-likeness (QED) is 0.874. The van der Waals surface area contributed by atoms with Gasteiger partial charge in [0.1, 0.15) is 17.5 Å². The minimum Gasteiger partial charge on any atom is -0.373 e. The van der Waals surface area contributed by atoms with Crippen molar-refractivity contribution in [3.05, 3.63) is 11.9 Å². The van der Waals surface area contributed by atoms with E-state index in [4.69, 9.17) is 4.98 Å². The zero-order valence-electron chi connectivity index (χ0n) is 12.5. The second-order valence-corrected chi connectivity index (χ2v) is 5.38. The lowest BCUT2D eigenvalue weighted by Crippen LogP contribution is -2.38. The molecule has 1 fully saturated rings. The number of anilines is 2. The third-order valence-electron chi connectivity index (χ3n) is 3.58. The topological polar surface area (TPSA) is 44.3 Å². The number of nitrogens with one attached hydrogen (secondary N) is 1. The molecule has 106 valence electrons. The van der Waals surface area contributed by atoms with E-state index in [1.54, 1.807) is 0 Å². The van der Waals surface area contributed by atoms with Gasteiger partial charge in [-0.05, 0) is 26.9 Å². The summed E-state index contributed by atoms with van der Waals surface area (Å²) in [5.74, 6) is 2.90. The fourth-order valence-electron chi connectivity index (χ4n) is 2.67. The Bertz CT molecular complexity index is 396. The smallest absolute Gasteiger partial charge is 0.134 e. The summed E-state index contributed by atoms with van der Waals surface area (Å²) in [6, 6.07) is 2.63. The Balaban J connectivity index is 2.24. The van der Waals surface area contributed by atoms with Crippen LogP contribution in [0.15, 0.2) is 6.07 Å². The first-order chi connectivity index (χ1) is 9.13. The highest BCUT2D eigenvalue weighted by Crippen LogP contribution is 2.26. The Morgan fingerprint density at radius 2 is 2.21 bits per heavy atom. The largest absolute Gasteiger partial charge is 0.373 e. The van der Waals surface area contributed by atoms with Crippen LogP contribution in [0.25, 0.3) is 0 Å². The van der Waals surface area contributed by atoms with Crippen molar-refractivity contribution < 1.29 is 0 Å². The first-order valence-electron chi connectivity index (χ1n) is 7.11. The van der Waals surface area contributed by atoms with Gasteiger partial charge in [0.25, 0.3) is 0 Å². The van der Waals surface area contributed by atoms with Gasteiger partial charge in [0.05, 0.1) is 0 Å². The van der Waals surface area contributed by atoms with Crippen LogP contribution in [-0.4, -0.2) is 55.1 Å². The average molecular weight is 263 g/mol. The molecule has 0 aliphatic carbocycles. The lowest BCUT2D eigenvalue weighted by Gasteiger charge is -2.28. The summed E-state index contributed by atoms with van der Waals surface area (Å²) in [6.45, 7) is 4.28. The molecule has 0 spiro atoms. The van der Waals surface area contributed by atoms with Crippen molar-refractivity contribution in [2.75, 3.05) is 44.4 Å². The maximum atomic E-state index is 4.70. The highest BCUT2D eigenvalue weighted by atomic mass is 15.3. The third kappa shape index (κ3) is 3.35. The second-order valence-electron chi connectivity index (χ2n) is 5.38. The first kappa shape index (κ1) is 14.1. The number of hydrogen-bond donors (Lipinski definition) is 1. The van der Waals surface area contributed by atoms with Crippen LogP contribution in [-0.2, 0) is 6.42 Å². The first-order valence-corrected chi connectivity index (χ1v) is 7.11. The number of aryl methyl sites for hydroxylation is 1. The number of rotatable bonds is 5. The predicted octanol–water partition coefficient (Wildman–Crippen LogP) is 1.61. The van der Waals surface area contributed by atoms with E-state index in [0.29, 0.717) is 6.04 Å². The van der Waals surface area contributed by atoms with Gasteiger partial charge in [0.15, 0.2) is 0 Å². The SMILES string of the molecule is CCc1nc(NC)cc(N2CCCC2CN(C)C)n1. The van der Waals surface area contributed by atoms with Crippen molar-refractivity contribution in [3.63, 3.8) is 0 Å². The normalized spacial score (nSPS) is 19.2. The van der Waals surface area contributed by atoms with Crippen LogP contribution in [0.5, 0.6) is 0 Å². The van der Waals surface area contributed by atoms with E-state index in [0.717, 1.165) is 37.0 Å². The summed E-state index contributed by atoms with van der Waals surface area (Å²) in [5, 5.41) is 3.13. The van der Waals surface area contributed by atoms with Crippen LogP contribution in [0.1, 0.15) is 25.6 Å². The summed E-state index contributed by atoms with van der Waals surface area (Å²) in [5.41, 5.74) is 0. The predicted molar refractivity (Wildman–Crippen MR) is 79.9 cm³/mol. The second kappa shape index (κ2) is 6.19. The molecule has 0 amide bonds. The zero-order valence-corrected chi connectivity index (χ0v) is 12.5. The molecule has 19 heavy (non-hydrogen) atoms. The van der Waals surface area contributed by atoms with Gasteiger partial charge >= 0.3 is 0 Å². The molecular weight excluding hydrogens is 238 g/mol. The fourth-order valence-corrected chi connectivity index (χ4v) is 2.67. The van der Waals surface area contributed by atoms with Gasteiger partial charge in [-0.2, -0.15) is 0 Å². The van der Waals surface area contributed by atoms with Crippen molar-refractivity contribution in [2.24, 2.45) is 0 Å². The van der Waals surface area contributed by atoms with Gasteiger partial charge in [0.2, 0.25) is 0 Å². The molecule has 1 aliphatic heterocycles. The van der Waals surface area contributed by atoms with Crippen LogP contribution < -0.4 is 10.2 Å². The molecule has 1 unspecified atom stereocenters. The number of hydrogen-bond acceptors (Lipinski definition) is 5. The monoisotopic (exact) mass is 263 g/mol. The standard InChI is InChI=1S/C14H25N5/c1-5-12-16-13(15-2)9-14(17-12)19-8-6-7-11(19)10-18(3)4/h9,11H,5-8,10H2,1-4H3,(H,15,16,17). The Kier molecular flexibility index (Phi) is 4.58. The maximum absolute atomic E-state index is 4.70. The molecule has 0 aromatic carbocycles. The molecule has 1 aromatic heterocycles. The lowest BCUT2D eigenvalue weighted by atomic mass is 10.2. The van der Waals surface area contributed by atoms with Crippen molar-refractivity contribution in [1.29, 1.82) is 0 Å². The Morgan fingerprint density at radius 1 is 1.42 bits per heavy atom. The lowest BCUT2D eigenvalue weighted by molar-refractivity contribution is 0.371. The van der Waals surface area contributed by atoms with Crippen molar-refractivity contribution in [3.8, 4) is 0 Å². The molecule has 2 rings (SSSR count). The molecule has 2 heterocycles. The van der Waals surface area contributed by atoms with Crippen LogP contribution >= 0.6 is 0 Å². The molecule has 5 nitrogen and oxygen atoms in total. The van der Waals surface area contributed by atoms with Crippen molar-refractivity contribution in [1.82, 2.24) is 14.9 Å². The minimum atomic E-state index is 0.569. The molecule has 1 aromatic rings. The number of likely N-dealkylation sites (N-methyl/N-ethyl adjacent to an activating group) is 1. The average Bonchev–Trinajstić information content (AvgIpc) is 2.85. The van der Waals surface area contributed by atoms with Crippen LogP contribution in [0.3, 0.4) is 0 Å². The van der Waals surface area contributed by atoms with Crippen LogP contribution in [0, 0.1) is 0 Å². The Labute approximate surface area is 116 Å². The van der Waals surface area contributed by atoms with E-state index in [2.05, 4.69) is 47.2 Å². The fraction of sp³-hybridized carbons (Fsp3) is 0.714. The van der Waals surface area contributed by atoms with E-state index < -0.39 is 0 Å². The molecule has 0 radical (unpaired) electrons. The molecule has 0 saturated carbocycles. The van der Waals surface area contributed by atoms with Gasteiger partial charge in [-0.3, -0.25) is 0 Å². The van der Waals surface area contributed by atoms with Crippen molar-refractivity contribution >= 4 is 11.6 Å². The van der Waals surface area contributed by atoms with E-state index in [-0.39, 0.29) is 0 Å². The van der Waals surface area contributed by atoms with E-state index in [1.807, 2.05) is 7.05 Å². The van der Waals surface area contributed by atoms with Crippen LogP contribution in [0.2, 0.25) is 0 Å². The summed E-state index contributed by atoms with van der Waals surface area (Å²) in [7, 11) is 6.17. The maximum Gasteiger partial charge on any atom is 0.134 e. The van der Waals surface area contributed by atoms with Crippen LogP contribution in [0.4, 0.5) is 11.6 Å². The number of aromatic nitrogens is 2. The summed E-state index contributed by atoms with van der Waals surface area (Å²) >= 11 is 0. The molecule has 1 atom stereocenters. The molecule has 0 bridgehead atoms. The molecule has 1 saturated heterocycles. The highest BCUT2D eigenvalue weighted by Gasteiger charge is 2.26. The van der Waals surface area contributed by atoms with Gasteiger partial charge in [-0.25, -0.2) is 9.97 Å². The van der Waals surface area contributed by atoms with E-state index in [1.165, 1.54) is 12.8 Å². The minimum absolute atomic E-state index is 0.569. The Hall–Kier alpha value is -1.36. The van der Waals surface area contributed by atoms with Crippen molar-refractivity contribution in [2.45, 2.75) is 32.2 Å². The van der Waals surface area contributed by atoms with Gasteiger partial charge in [-0.1, -0.05) is 6.92 Å². The van der Waals surface area contributed by atoms with E-state index in [9.17, 15) is 0 Å². The third-order valence-corrected chi connectivity index (χ3v) is 3.58. The molecule has 1 N–H and O–H groups in total. The summed E-state index contributed by atoms with van der Waals surface area (Å²) in [6.07, 6.45) is 3.37. The zero-order chi connectivity index (χ0) is 13.8. The summed E-state index contributed by atoms with van der Waals surface area (Å²) < 4.78 is 0. The summed E-state index contributed by atoms with van der Waals surface area (Å²) in [4.78, 5) is 13.9. The van der Waals surface area contributed by atoms with Gasteiger partial charge < -0.3 is 15.1 Å². The Morgan fingerprint density at radius 3 is 2.84 bits per heavy atom. The molecule has 1 aliphatic rings.